The average Bonchev–Trinajstić information content (AvgIpc) is 2.30. The molecule has 1 atom stereocenters. The second kappa shape index (κ2) is 6.47. The number of hydrogen-bond acceptors (Lipinski definition) is 5. The molecule has 1 unspecified atom stereocenters. The predicted molar refractivity (Wildman–Crippen MR) is 72.0 cm³/mol. The lowest BCUT2D eigenvalue weighted by Crippen LogP contribution is -2.28. The zero-order valence-electron chi connectivity index (χ0n) is 9.48. The fourth-order valence-corrected chi connectivity index (χ4v) is 4.27. The van der Waals surface area contributed by atoms with Crippen molar-refractivity contribution >= 4 is 23.5 Å². The first kappa shape index (κ1) is 12.2. The number of rotatable bonds is 4. The zero-order valence-corrected chi connectivity index (χ0v) is 11.1. The molecule has 1 aromatic heterocycles. The maximum Gasteiger partial charge on any atom is 0.125 e. The molecule has 2 heterocycles. The Kier molecular flexibility index (Phi) is 4.93. The van der Waals surface area contributed by atoms with Gasteiger partial charge in [0.1, 0.15) is 5.82 Å². The Labute approximate surface area is 105 Å². The minimum Gasteiger partial charge on any atom is -0.310 e. The number of thioether (sulfide) groups is 2. The molecule has 16 heavy (non-hydrogen) atoms. The van der Waals surface area contributed by atoms with Crippen LogP contribution in [0.15, 0.2) is 12.3 Å². The van der Waals surface area contributed by atoms with Crippen molar-refractivity contribution in [3.63, 3.8) is 0 Å². The van der Waals surface area contributed by atoms with E-state index in [1.165, 1.54) is 17.3 Å². The van der Waals surface area contributed by atoms with Gasteiger partial charge in [-0.2, -0.15) is 23.5 Å². The standard InChI is InChI=1S/C11H17N3S2/c1-9-13-3-2-10(14-9)6-12-7-11-8-15-4-5-16-11/h2-3,11-12H,4-8H2,1H3. The van der Waals surface area contributed by atoms with Gasteiger partial charge in [0.25, 0.3) is 0 Å². The molecule has 3 nitrogen and oxygen atoms in total. The molecule has 1 aliphatic heterocycles. The number of nitrogens with one attached hydrogen (secondary N) is 1. The summed E-state index contributed by atoms with van der Waals surface area (Å²) in [7, 11) is 0. The molecular formula is C11H17N3S2. The number of hydrogen-bond donors (Lipinski definition) is 1. The van der Waals surface area contributed by atoms with E-state index in [0.717, 1.165) is 29.9 Å². The maximum atomic E-state index is 4.37. The molecule has 1 saturated heterocycles. The highest BCUT2D eigenvalue weighted by atomic mass is 32.2. The first-order valence-electron chi connectivity index (χ1n) is 5.53. The van der Waals surface area contributed by atoms with Gasteiger partial charge in [0.05, 0.1) is 5.69 Å². The number of aryl methyl sites for hydroxylation is 1. The van der Waals surface area contributed by atoms with Crippen LogP contribution in [0.3, 0.4) is 0 Å². The van der Waals surface area contributed by atoms with Gasteiger partial charge < -0.3 is 5.32 Å². The van der Waals surface area contributed by atoms with E-state index in [2.05, 4.69) is 38.8 Å². The van der Waals surface area contributed by atoms with Gasteiger partial charge in [0.2, 0.25) is 0 Å². The Morgan fingerprint density at radius 1 is 1.50 bits per heavy atom. The summed E-state index contributed by atoms with van der Waals surface area (Å²) in [5.74, 6) is 4.73. The summed E-state index contributed by atoms with van der Waals surface area (Å²) in [4.78, 5) is 8.46. The third-order valence-corrected chi connectivity index (χ3v) is 5.24. The highest BCUT2D eigenvalue weighted by Gasteiger charge is 2.13. The average molecular weight is 255 g/mol. The van der Waals surface area contributed by atoms with Crippen LogP contribution in [0.2, 0.25) is 0 Å². The van der Waals surface area contributed by atoms with Crippen molar-refractivity contribution in [1.29, 1.82) is 0 Å². The topological polar surface area (TPSA) is 37.8 Å². The fourth-order valence-electron chi connectivity index (χ4n) is 1.62. The van der Waals surface area contributed by atoms with Crippen LogP contribution in [0.4, 0.5) is 0 Å². The van der Waals surface area contributed by atoms with Crippen molar-refractivity contribution in [1.82, 2.24) is 15.3 Å². The molecule has 0 amide bonds. The van der Waals surface area contributed by atoms with Crippen LogP contribution in [0.1, 0.15) is 11.5 Å². The molecule has 5 heteroatoms. The van der Waals surface area contributed by atoms with Crippen LogP contribution >= 0.6 is 23.5 Å². The van der Waals surface area contributed by atoms with Gasteiger partial charge in [-0.05, 0) is 13.0 Å². The van der Waals surface area contributed by atoms with E-state index in [1.54, 1.807) is 0 Å². The predicted octanol–water partition coefficient (Wildman–Crippen LogP) is 1.72. The summed E-state index contributed by atoms with van der Waals surface area (Å²) in [6, 6.07) is 1.97. The van der Waals surface area contributed by atoms with E-state index >= 15 is 0 Å². The van der Waals surface area contributed by atoms with Gasteiger partial charge in [-0.1, -0.05) is 0 Å². The summed E-state index contributed by atoms with van der Waals surface area (Å²) in [5.41, 5.74) is 1.08. The van der Waals surface area contributed by atoms with E-state index in [9.17, 15) is 0 Å². The van der Waals surface area contributed by atoms with Crippen LogP contribution < -0.4 is 5.32 Å². The van der Waals surface area contributed by atoms with Crippen LogP contribution in [0.5, 0.6) is 0 Å². The minimum atomic E-state index is 0.765. The molecular weight excluding hydrogens is 238 g/mol. The largest absolute Gasteiger partial charge is 0.310 e. The lowest BCUT2D eigenvalue weighted by molar-refractivity contribution is 0.670. The van der Waals surface area contributed by atoms with Crippen LogP contribution in [0, 0.1) is 6.92 Å². The summed E-state index contributed by atoms with van der Waals surface area (Å²) in [5, 5.41) is 4.24. The van der Waals surface area contributed by atoms with E-state index in [0.29, 0.717) is 0 Å². The monoisotopic (exact) mass is 255 g/mol. The molecule has 0 aromatic carbocycles. The highest BCUT2D eigenvalue weighted by Crippen LogP contribution is 2.23. The summed E-state index contributed by atoms with van der Waals surface area (Å²) >= 11 is 4.15. The van der Waals surface area contributed by atoms with Gasteiger partial charge in [-0.3, -0.25) is 0 Å². The van der Waals surface area contributed by atoms with Crippen molar-refractivity contribution in [3.8, 4) is 0 Å². The summed E-state index contributed by atoms with van der Waals surface area (Å²) in [6.07, 6.45) is 1.82. The molecule has 0 bridgehead atoms. The molecule has 1 fully saturated rings. The van der Waals surface area contributed by atoms with E-state index < -0.39 is 0 Å². The van der Waals surface area contributed by atoms with Gasteiger partial charge in [-0.15, -0.1) is 0 Å². The lowest BCUT2D eigenvalue weighted by Gasteiger charge is -2.21. The third-order valence-electron chi connectivity index (χ3n) is 2.40. The second-order valence-electron chi connectivity index (χ2n) is 3.79. The van der Waals surface area contributed by atoms with Crippen molar-refractivity contribution < 1.29 is 0 Å². The molecule has 0 spiro atoms. The third kappa shape index (κ3) is 3.96. The van der Waals surface area contributed by atoms with Crippen LogP contribution in [0.25, 0.3) is 0 Å². The summed E-state index contributed by atoms with van der Waals surface area (Å²) in [6.45, 7) is 3.86. The van der Waals surface area contributed by atoms with E-state index in [1.807, 2.05) is 19.2 Å². The van der Waals surface area contributed by atoms with Gasteiger partial charge in [-0.25, -0.2) is 9.97 Å². The van der Waals surface area contributed by atoms with E-state index in [4.69, 9.17) is 0 Å². The number of aromatic nitrogens is 2. The Hall–Kier alpha value is -0.260. The Morgan fingerprint density at radius 2 is 2.44 bits per heavy atom. The molecule has 0 radical (unpaired) electrons. The normalized spacial score (nSPS) is 20.9. The van der Waals surface area contributed by atoms with Gasteiger partial charge in [0.15, 0.2) is 0 Å². The summed E-state index contributed by atoms with van der Waals surface area (Å²) < 4.78 is 0. The molecule has 88 valence electrons. The van der Waals surface area contributed by atoms with Crippen molar-refractivity contribution in [3.05, 3.63) is 23.8 Å². The molecule has 1 N–H and O–H groups in total. The smallest absolute Gasteiger partial charge is 0.125 e. The van der Waals surface area contributed by atoms with Crippen molar-refractivity contribution in [2.75, 3.05) is 23.8 Å². The zero-order chi connectivity index (χ0) is 11.2. The van der Waals surface area contributed by atoms with Crippen LogP contribution in [-0.2, 0) is 6.54 Å². The fraction of sp³-hybridized carbons (Fsp3) is 0.636. The van der Waals surface area contributed by atoms with E-state index in [-0.39, 0.29) is 0 Å². The quantitative estimate of drug-likeness (QED) is 0.887. The SMILES string of the molecule is Cc1nccc(CNCC2CSCCS2)n1. The van der Waals surface area contributed by atoms with Crippen molar-refractivity contribution in [2.45, 2.75) is 18.7 Å². The molecule has 0 saturated carbocycles. The van der Waals surface area contributed by atoms with Crippen LogP contribution in [-0.4, -0.2) is 39.0 Å². The Balaban J connectivity index is 1.71. The van der Waals surface area contributed by atoms with Crippen molar-refractivity contribution in [2.24, 2.45) is 0 Å². The minimum absolute atomic E-state index is 0.765. The second-order valence-corrected chi connectivity index (χ2v) is 6.35. The molecule has 0 aliphatic carbocycles. The number of nitrogens with zero attached hydrogens (tertiary/aromatic N) is 2. The van der Waals surface area contributed by atoms with Gasteiger partial charge >= 0.3 is 0 Å². The molecule has 1 aliphatic rings. The lowest BCUT2D eigenvalue weighted by atomic mass is 10.3. The first-order chi connectivity index (χ1) is 7.84. The highest BCUT2D eigenvalue weighted by molar-refractivity contribution is 8.06. The molecule has 2 rings (SSSR count). The first-order valence-corrected chi connectivity index (χ1v) is 7.73. The molecule has 1 aromatic rings. The Bertz CT molecular complexity index is 327. The maximum absolute atomic E-state index is 4.37. The van der Waals surface area contributed by atoms with Gasteiger partial charge in [0, 0.05) is 41.8 Å². The Morgan fingerprint density at radius 3 is 3.19 bits per heavy atom.